The van der Waals surface area contributed by atoms with Crippen LogP contribution >= 0.6 is 11.6 Å². The van der Waals surface area contributed by atoms with E-state index in [1.807, 2.05) is 4.90 Å². The molecule has 1 aliphatic rings. The highest BCUT2D eigenvalue weighted by atomic mass is 35.5. The Morgan fingerprint density at radius 3 is 2.68 bits per heavy atom. The second-order valence-corrected chi connectivity index (χ2v) is 5.05. The van der Waals surface area contributed by atoms with Crippen LogP contribution in [0, 0.1) is 0 Å². The number of aromatic nitrogens is 1. The standard InChI is InChI=1S/C13H17ClN2O3/c14-11-6-5-10(13(18)19)12(15-11)16(7-8-17)9-3-1-2-4-9/h5-6,9,17H,1-4,7-8H2,(H,18,19). The van der Waals surface area contributed by atoms with E-state index >= 15 is 0 Å². The topological polar surface area (TPSA) is 73.7 Å². The van der Waals surface area contributed by atoms with Crippen LogP contribution in [0.5, 0.6) is 0 Å². The maximum Gasteiger partial charge on any atom is 0.339 e. The predicted octanol–water partition coefficient (Wildman–Crippen LogP) is 2.17. The van der Waals surface area contributed by atoms with Gasteiger partial charge in [0.2, 0.25) is 0 Å². The number of halogens is 1. The van der Waals surface area contributed by atoms with Crippen molar-refractivity contribution in [2.24, 2.45) is 0 Å². The summed E-state index contributed by atoms with van der Waals surface area (Å²) < 4.78 is 0. The normalized spacial score (nSPS) is 15.7. The molecule has 0 bridgehead atoms. The molecule has 104 valence electrons. The highest BCUT2D eigenvalue weighted by Crippen LogP contribution is 2.30. The first-order chi connectivity index (χ1) is 9.13. The largest absolute Gasteiger partial charge is 0.478 e. The van der Waals surface area contributed by atoms with Crippen LogP contribution in [0.3, 0.4) is 0 Å². The smallest absolute Gasteiger partial charge is 0.339 e. The molecule has 0 unspecified atom stereocenters. The molecule has 0 spiro atoms. The Morgan fingerprint density at radius 1 is 1.42 bits per heavy atom. The van der Waals surface area contributed by atoms with Crippen LogP contribution in [-0.2, 0) is 0 Å². The summed E-state index contributed by atoms with van der Waals surface area (Å²) in [5.74, 6) is -0.666. The van der Waals surface area contributed by atoms with E-state index < -0.39 is 5.97 Å². The Balaban J connectivity index is 2.39. The minimum atomic E-state index is -1.03. The highest BCUT2D eigenvalue weighted by molar-refractivity contribution is 6.29. The van der Waals surface area contributed by atoms with Gasteiger partial charge in [-0.3, -0.25) is 0 Å². The van der Waals surface area contributed by atoms with Crippen molar-refractivity contribution in [3.05, 3.63) is 22.8 Å². The number of nitrogens with zero attached hydrogens (tertiary/aromatic N) is 2. The molecule has 0 aliphatic heterocycles. The average molecular weight is 285 g/mol. The zero-order valence-electron chi connectivity index (χ0n) is 10.5. The number of aliphatic hydroxyl groups is 1. The molecule has 1 fully saturated rings. The van der Waals surface area contributed by atoms with Gasteiger partial charge in [0.25, 0.3) is 0 Å². The van der Waals surface area contributed by atoms with Crippen LogP contribution in [0.2, 0.25) is 5.15 Å². The van der Waals surface area contributed by atoms with Crippen molar-refractivity contribution in [1.82, 2.24) is 4.98 Å². The van der Waals surface area contributed by atoms with Gasteiger partial charge in [0.1, 0.15) is 16.5 Å². The maximum absolute atomic E-state index is 11.3. The number of rotatable bonds is 5. The summed E-state index contributed by atoms with van der Waals surface area (Å²) in [4.78, 5) is 17.3. The van der Waals surface area contributed by atoms with Gasteiger partial charge in [-0.05, 0) is 25.0 Å². The molecule has 0 amide bonds. The third kappa shape index (κ3) is 3.16. The zero-order chi connectivity index (χ0) is 13.8. The predicted molar refractivity (Wildman–Crippen MR) is 72.9 cm³/mol. The van der Waals surface area contributed by atoms with Gasteiger partial charge in [-0.1, -0.05) is 24.4 Å². The quantitative estimate of drug-likeness (QED) is 0.811. The minimum absolute atomic E-state index is 0.0379. The average Bonchev–Trinajstić information content (AvgIpc) is 2.89. The molecule has 1 aromatic rings. The van der Waals surface area contributed by atoms with Gasteiger partial charge in [-0.2, -0.15) is 0 Å². The molecule has 1 heterocycles. The van der Waals surface area contributed by atoms with Crippen molar-refractivity contribution >= 4 is 23.4 Å². The van der Waals surface area contributed by atoms with Crippen LogP contribution in [0.1, 0.15) is 36.0 Å². The lowest BCUT2D eigenvalue weighted by Crippen LogP contribution is -2.37. The van der Waals surface area contributed by atoms with Crippen LogP contribution < -0.4 is 4.90 Å². The zero-order valence-corrected chi connectivity index (χ0v) is 11.3. The fourth-order valence-electron chi connectivity index (χ4n) is 2.60. The lowest BCUT2D eigenvalue weighted by atomic mass is 10.1. The summed E-state index contributed by atoms with van der Waals surface area (Å²) in [7, 11) is 0. The Morgan fingerprint density at radius 2 is 2.11 bits per heavy atom. The lowest BCUT2D eigenvalue weighted by molar-refractivity contribution is 0.0697. The first kappa shape index (κ1) is 14.1. The van der Waals surface area contributed by atoms with Gasteiger partial charge in [-0.15, -0.1) is 0 Å². The molecular formula is C13H17ClN2O3. The Labute approximate surface area is 116 Å². The number of hydrogen-bond donors (Lipinski definition) is 2. The Hall–Kier alpha value is -1.33. The van der Waals surface area contributed by atoms with E-state index in [9.17, 15) is 15.0 Å². The summed E-state index contributed by atoms with van der Waals surface area (Å²) in [6, 6.07) is 3.17. The van der Waals surface area contributed by atoms with E-state index in [4.69, 9.17) is 11.6 Å². The highest BCUT2D eigenvalue weighted by Gasteiger charge is 2.27. The summed E-state index contributed by atoms with van der Waals surface area (Å²) in [6.07, 6.45) is 4.23. The number of carboxylic acids is 1. The van der Waals surface area contributed by atoms with Crippen LogP contribution in [-0.4, -0.2) is 40.4 Å². The third-order valence-corrected chi connectivity index (χ3v) is 3.66. The second-order valence-electron chi connectivity index (χ2n) is 4.67. The summed E-state index contributed by atoms with van der Waals surface area (Å²) in [5.41, 5.74) is 0.129. The van der Waals surface area contributed by atoms with E-state index in [-0.39, 0.29) is 23.4 Å². The van der Waals surface area contributed by atoms with Gasteiger partial charge < -0.3 is 15.1 Å². The molecule has 1 saturated carbocycles. The van der Waals surface area contributed by atoms with Gasteiger partial charge >= 0.3 is 5.97 Å². The molecule has 0 radical (unpaired) electrons. The molecular weight excluding hydrogens is 268 g/mol. The SMILES string of the molecule is O=C(O)c1ccc(Cl)nc1N(CCO)C1CCCC1. The van der Waals surface area contributed by atoms with Crippen molar-refractivity contribution in [3.8, 4) is 0 Å². The van der Waals surface area contributed by atoms with Crippen molar-refractivity contribution in [2.45, 2.75) is 31.7 Å². The van der Waals surface area contributed by atoms with Crippen molar-refractivity contribution in [1.29, 1.82) is 0 Å². The summed E-state index contributed by atoms with van der Waals surface area (Å²) in [5, 5.41) is 18.7. The molecule has 6 heteroatoms. The van der Waals surface area contributed by atoms with Crippen LogP contribution in [0.25, 0.3) is 0 Å². The van der Waals surface area contributed by atoms with Gasteiger partial charge in [-0.25, -0.2) is 9.78 Å². The number of anilines is 1. The number of carbonyl (C=O) groups is 1. The van der Waals surface area contributed by atoms with Gasteiger partial charge in [0, 0.05) is 12.6 Å². The first-order valence-corrected chi connectivity index (χ1v) is 6.78. The number of hydrogen-bond acceptors (Lipinski definition) is 4. The molecule has 5 nitrogen and oxygen atoms in total. The van der Waals surface area contributed by atoms with Gasteiger partial charge in [0.15, 0.2) is 0 Å². The van der Waals surface area contributed by atoms with Crippen molar-refractivity contribution < 1.29 is 15.0 Å². The second kappa shape index (κ2) is 6.21. The molecule has 1 aliphatic carbocycles. The van der Waals surface area contributed by atoms with Crippen LogP contribution in [0.15, 0.2) is 12.1 Å². The minimum Gasteiger partial charge on any atom is -0.478 e. The molecule has 2 rings (SSSR count). The lowest BCUT2D eigenvalue weighted by Gasteiger charge is -2.30. The fourth-order valence-corrected chi connectivity index (χ4v) is 2.74. The number of aliphatic hydroxyl groups excluding tert-OH is 1. The number of pyridine rings is 1. The molecule has 0 aromatic carbocycles. The number of carboxylic acid groups (broad SMARTS) is 1. The molecule has 19 heavy (non-hydrogen) atoms. The first-order valence-electron chi connectivity index (χ1n) is 6.41. The van der Waals surface area contributed by atoms with E-state index in [2.05, 4.69) is 4.98 Å². The Bertz CT molecular complexity index is 461. The third-order valence-electron chi connectivity index (χ3n) is 3.45. The van der Waals surface area contributed by atoms with Crippen molar-refractivity contribution in [3.63, 3.8) is 0 Å². The Kier molecular flexibility index (Phi) is 4.61. The van der Waals surface area contributed by atoms with Gasteiger partial charge in [0.05, 0.1) is 6.61 Å². The van der Waals surface area contributed by atoms with E-state index in [1.54, 1.807) is 0 Å². The molecule has 2 N–H and O–H groups in total. The van der Waals surface area contributed by atoms with Crippen LogP contribution in [0.4, 0.5) is 5.82 Å². The summed E-state index contributed by atoms with van der Waals surface area (Å²) >= 11 is 5.88. The van der Waals surface area contributed by atoms with E-state index in [0.29, 0.717) is 12.4 Å². The number of aromatic carboxylic acids is 1. The van der Waals surface area contributed by atoms with E-state index in [0.717, 1.165) is 25.7 Å². The molecule has 0 saturated heterocycles. The summed E-state index contributed by atoms with van der Waals surface area (Å²) in [6.45, 7) is 0.335. The maximum atomic E-state index is 11.3. The van der Waals surface area contributed by atoms with Crippen molar-refractivity contribution in [2.75, 3.05) is 18.1 Å². The monoisotopic (exact) mass is 284 g/mol. The fraction of sp³-hybridized carbons (Fsp3) is 0.538. The molecule has 1 aromatic heterocycles. The molecule has 0 atom stereocenters. The van der Waals surface area contributed by atoms with E-state index in [1.165, 1.54) is 12.1 Å².